The predicted molar refractivity (Wildman–Crippen MR) is 100 cm³/mol. The zero-order valence-corrected chi connectivity index (χ0v) is 16.1. The Morgan fingerprint density at radius 2 is 2.14 bits per heavy atom. The number of aliphatic hydroxyl groups excluding tert-OH is 2. The average molecular weight is 396 g/mol. The highest BCUT2D eigenvalue weighted by Crippen LogP contribution is 2.29. The van der Waals surface area contributed by atoms with Gasteiger partial charge in [-0.2, -0.15) is 0 Å². The van der Waals surface area contributed by atoms with Crippen LogP contribution in [0.2, 0.25) is 0 Å². The molecule has 0 bridgehead atoms. The highest BCUT2D eigenvalue weighted by Gasteiger charge is 2.46. The third kappa shape index (κ3) is 5.00. The molecule has 1 aliphatic carbocycles. The molecule has 0 radical (unpaired) electrons. The highest BCUT2D eigenvalue weighted by atomic mass is 19.1. The Bertz CT molecular complexity index is 655. The van der Waals surface area contributed by atoms with E-state index in [1.54, 1.807) is 19.2 Å². The molecule has 1 heterocycles. The van der Waals surface area contributed by atoms with Gasteiger partial charge in [0.2, 0.25) is 5.91 Å². The van der Waals surface area contributed by atoms with Gasteiger partial charge in [0.15, 0.2) is 0 Å². The number of hydrogen-bond donors (Lipinski definition) is 3. The third-order valence-corrected chi connectivity index (χ3v) is 5.59. The van der Waals surface area contributed by atoms with Crippen LogP contribution >= 0.6 is 0 Å². The van der Waals surface area contributed by atoms with Crippen molar-refractivity contribution in [2.45, 2.75) is 43.6 Å². The standard InChI is InChI=1S/C20H29FN2O5/c1-23(7-8-24)18-16(22-20(26)13-5-9-27-10-6-13)12-17(19(18)25)28-15-4-2-3-14(21)11-15/h2-4,11,13,16-19,24-25H,5-10,12H2,1H3,(H,22,26)/t16-,17-,18+,19+/m1/s1. The number of hydrogen-bond acceptors (Lipinski definition) is 6. The molecule has 7 nitrogen and oxygen atoms in total. The quantitative estimate of drug-likeness (QED) is 0.623. The topological polar surface area (TPSA) is 91.3 Å². The summed E-state index contributed by atoms with van der Waals surface area (Å²) in [5.74, 6) is -0.223. The van der Waals surface area contributed by atoms with Gasteiger partial charge >= 0.3 is 0 Å². The molecule has 3 N–H and O–H groups in total. The normalized spacial score (nSPS) is 28.5. The summed E-state index contributed by atoms with van der Waals surface area (Å²) in [4.78, 5) is 14.5. The number of nitrogens with zero attached hydrogens (tertiary/aromatic N) is 1. The molecule has 4 atom stereocenters. The van der Waals surface area contributed by atoms with Crippen LogP contribution in [0.15, 0.2) is 24.3 Å². The fourth-order valence-corrected chi connectivity index (χ4v) is 4.10. The SMILES string of the molecule is CN(CCO)[C@@H]1[C@@H](O)[C@H](Oc2cccc(F)c2)C[C@H]1NC(=O)C1CCOCC1. The third-order valence-electron chi connectivity index (χ3n) is 5.59. The molecule has 8 heteroatoms. The number of rotatable bonds is 7. The molecule has 156 valence electrons. The summed E-state index contributed by atoms with van der Waals surface area (Å²) in [6.07, 6.45) is 0.281. The number of amides is 1. The number of halogens is 1. The molecular weight excluding hydrogens is 367 g/mol. The van der Waals surface area contributed by atoms with Crippen molar-refractivity contribution in [2.75, 3.05) is 33.4 Å². The first kappa shape index (κ1) is 21.0. The van der Waals surface area contributed by atoms with Gasteiger partial charge in [-0.05, 0) is 32.0 Å². The molecule has 1 saturated carbocycles. The van der Waals surface area contributed by atoms with Crippen LogP contribution in [0.3, 0.4) is 0 Å². The van der Waals surface area contributed by atoms with Crippen molar-refractivity contribution < 1.29 is 28.9 Å². The highest BCUT2D eigenvalue weighted by molar-refractivity contribution is 5.79. The van der Waals surface area contributed by atoms with Crippen LogP contribution in [0.1, 0.15) is 19.3 Å². The van der Waals surface area contributed by atoms with E-state index in [-0.39, 0.29) is 24.5 Å². The molecule has 0 unspecified atom stereocenters. The van der Waals surface area contributed by atoms with Gasteiger partial charge in [-0.15, -0.1) is 0 Å². The maximum atomic E-state index is 13.5. The lowest BCUT2D eigenvalue weighted by molar-refractivity contribution is -0.129. The summed E-state index contributed by atoms with van der Waals surface area (Å²) in [5.41, 5.74) is 0. The first-order chi connectivity index (χ1) is 13.5. The lowest BCUT2D eigenvalue weighted by Gasteiger charge is -2.33. The second-order valence-corrected chi connectivity index (χ2v) is 7.54. The number of benzene rings is 1. The average Bonchev–Trinajstić information content (AvgIpc) is 2.97. The van der Waals surface area contributed by atoms with Gasteiger partial charge < -0.3 is 25.0 Å². The monoisotopic (exact) mass is 396 g/mol. The van der Waals surface area contributed by atoms with E-state index >= 15 is 0 Å². The van der Waals surface area contributed by atoms with E-state index in [1.165, 1.54) is 12.1 Å². The Morgan fingerprint density at radius 1 is 1.39 bits per heavy atom. The van der Waals surface area contributed by atoms with Gasteiger partial charge in [-0.1, -0.05) is 6.07 Å². The predicted octanol–water partition coefficient (Wildman–Crippen LogP) is 0.542. The van der Waals surface area contributed by atoms with E-state index in [0.29, 0.717) is 44.8 Å². The van der Waals surface area contributed by atoms with E-state index in [4.69, 9.17) is 9.47 Å². The Labute approximate surface area is 164 Å². The number of carbonyl (C=O) groups excluding carboxylic acids is 1. The van der Waals surface area contributed by atoms with Gasteiger partial charge in [0.25, 0.3) is 0 Å². The molecule has 1 aromatic rings. The Kier molecular flexibility index (Phi) is 7.23. The summed E-state index contributed by atoms with van der Waals surface area (Å²) in [5, 5.41) is 23.2. The summed E-state index contributed by atoms with van der Waals surface area (Å²) < 4.78 is 24.6. The number of ether oxygens (including phenoxy) is 2. The fourth-order valence-electron chi connectivity index (χ4n) is 4.10. The minimum atomic E-state index is -0.889. The van der Waals surface area contributed by atoms with Crippen LogP contribution in [-0.4, -0.2) is 78.7 Å². The van der Waals surface area contributed by atoms with Gasteiger partial charge in [-0.25, -0.2) is 4.39 Å². The van der Waals surface area contributed by atoms with Crippen molar-refractivity contribution >= 4 is 5.91 Å². The van der Waals surface area contributed by atoms with Crippen LogP contribution in [0.5, 0.6) is 5.75 Å². The smallest absolute Gasteiger partial charge is 0.223 e. The maximum absolute atomic E-state index is 13.5. The number of carbonyl (C=O) groups is 1. The van der Waals surface area contributed by atoms with Crippen molar-refractivity contribution in [2.24, 2.45) is 5.92 Å². The zero-order valence-electron chi connectivity index (χ0n) is 16.1. The Morgan fingerprint density at radius 3 is 2.82 bits per heavy atom. The minimum Gasteiger partial charge on any atom is -0.487 e. The summed E-state index contributed by atoms with van der Waals surface area (Å²) in [7, 11) is 1.79. The van der Waals surface area contributed by atoms with E-state index in [1.807, 2.05) is 4.90 Å². The molecule has 1 aromatic carbocycles. The molecule has 2 fully saturated rings. The van der Waals surface area contributed by atoms with Gasteiger partial charge in [0.1, 0.15) is 23.8 Å². The molecule has 0 spiro atoms. The van der Waals surface area contributed by atoms with Gasteiger partial charge in [0, 0.05) is 38.2 Å². The van der Waals surface area contributed by atoms with Crippen molar-refractivity contribution in [3.8, 4) is 5.75 Å². The second-order valence-electron chi connectivity index (χ2n) is 7.54. The molecule has 1 aliphatic heterocycles. The first-order valence-corrected chi connectivity index (χ1v) is 9.79. The number of likely N-dealkylation sites (N-methyl/N-ethyl adjacent to an activating group) is 1. The van der Waals surface area contributed by atoms with Crippen LogP contribution in [0.4, 0.5) is 4.39 Å². The van der Waals surface area contributed by atoms with Crippen molar-refractivity contribution in [3.05, 3.63) is 30.1 Å². The molecule has 0 aromatic heterocycles. The number of aliphatic hydroxyl groups is 2. The second kappa shape index (κ2) is 9.65. The first-order valence-electron chi connectivity index (χ1n) is 9.79. The van der Waals surface area contributed by atoms with Crippen LogP contribution in [0.25, 0.3) is 0 Å². The van der Waals surface area contributed by atoms with E-state index in [0.717, 1.165) is 0 Å². The molecule has 1 saturated heterocycles. The molecule has 3 rings (SSSR count). The summed E-state index contributed by atoms with van der Waals surface area (Å²) in [6.45, 7) is 1.45. The minimum absolute atomic E-state index is 0.0469. The Hall–Kier alpha value is -1.74. The van der Waals surface area contributed by atoms with Gasteiger partial charge in [0.05, 0.1) is 18.7 Å². The lowest BCUT2D eigenvalue weighted by atomic mass is 9.98. The van der Waals surface area contributed by atoms with Crippen LogP contribution in [-0.2, 0) is 9.53 Å². The molecule has 2 aliphatic rings. The zero-order chi connectivity index (χ0) is 20.1. The van der Waals surface area contributed by atoms with Crippen molar-refractivity contribution in [1.29, 1.82) is 0 Å². The fraction of sp³-hybridized carbons (Fsp3) is 0.650. The summed E-state index contributed by atoms with van der Waals surface area (Å²) in [6, 6.07) is 5.04. The van der Waals surface area contributed by atoms with Crippen LogP contribution in [0, 0.1) is 11.7 Å². The van der Waals surface area contributed by atoms with E-state index < -0.39 is 24.1 Å². The number of nitrogens with one attached hydrogen (secondary N) is 1. The maximum Gasteiger partial charge on any atom is 0.223 e. The molecule has 28 heavy (non-hydrogen) atoms. The van der Waals surface area contributed by atoms with E-state index in [9.17, 15) is 19.4 Å². The van der Waals surface area contributed by atoms with Crippen LogP contribution < -0.4 is 10.1 Å². The summed E-state index contributed by atoms with van der Waals surface area (Å²) >= 11 is 0. The lowest BCUT2D eigenvalue weighted by Crippen LogP contribution is -2.53. The van der Waals surface area contributed by atoms with Crippen molar-refractivity contribution in [3.63, 3.8) is 0 Å². The van der Waals surface area contributed by atoms with Gasteiger partial charge in [-0.3, -0.25) is 9.69 Å². The largest absolute Gasteiger partial charge is 0.487 e. The molecular formula is C20H29FN2O5. The van der Waals surface area contributed by atoms with E-state index in [2.05, 4.69) is 5.32 Å². The Balaban J connectivity index is 1.71. The molecule has 1 amide bonds. The van der Waals surface area contributed by atoms with Crippen molar-refractivity contribution in [1.82, 2.24) is 10.2 Å².